The zero-order chi connectivity index (χ0) is 14.9. The van der Waals surface area contributed by atoms with Gasteiger partial charge >= 0.3 is 0 Å². The van der Waals surface area contributed by atoms with Gasteiger partial charge in [0.15, 0.2) is 0 Å². The fourth-order valence-corrected chi connectivity index (χ4v) is 3.90. The predicted molar refractivity (Wildman–Crippen MR) is 84.6 cm³/mol. The molecule has 22 heavy (non-hydrogen) atoms. The van der Waals surface area contributed by atoms with Gasteiger partial charge in [-0.2, -0.15) is 5.10 Å². The van der Waals surface area contributed by atoms with E-state index in [1.807, 2.05) is 29.2 Å². The van der Waals surface area contributed by atoms with Crippen molar-refractivity contribution in [3.05, 3.63) is 53.9 Å². The van der Waals surface area contributed by atoms with Gasteiger partial charge in [0.05, 0.1) is 12.0 Å². The average molecular weight is 295 g/mol. The average Bonchev–Trinajstić information content (AvgIpc) is 3.24. The molecule has 2 aromatic rings. The summed E-state index contributed by atoms with van der Waals surface area (Å²) in [5, 5.41) is 4.35. The van der Waals surface area contributed by atoms with Crippen molar-refractivity contribution in [1.29, 1.82) is 0 Å². The van der Waals surface area contributed by atoms with Gasteiger partial charge in [-0.25, -0.2) is 0 Å². The van der Waals surface area contributed by atoms with Gasteiger partial charge < -0.3 is 4.90 Å². The van der Waals surface area contributed by atoms with Crippen molar-refractivity contribution in [2.45, 2.75) is 37.6 Å². The number of hydrogen-bond acceptors (Lipinski definition) is 2. The largest absolute Gasteiger partial charge is 0.340 e. The van der Waals surface area contributed by atoms with Crippen LogP contribution in [0.25, 0.3) is 0 Å². The van der Waals surface area contributed by atoms with Crippen LogP contribution in [0.2, 0.25) is 0 Å². The van der Waals surface area contributed by atoms with Crippen molar-refractivity contribution < 1.29 is 4.79 Å². The van der Waals surface area contributed by atoms with Crippen molar-refractivity contribution in [3.63, 3.8) is 0 Å². The molecule has 4 rings (SSSR count). The topological polar surface area (TPSA) is 38.1 Å². The molecular formula is C18H21N3O. The van der Waals surface area contributed by atoms with Crippen molar-refractivity contribution in [3.8, 4) is 0 Å². The van der Waals surface area contributed by atoms with E-state index in [0.717, 1.165) is 38.8 Å². The first kappa shape index (κ1) is 13.6. The molecule has 2 atom stereocenters. The van der Waals surface area contributed by atoms with Gasteiger partial charge in [0.2, 0.25) is 5.91 Å². The third-order valence-electron chi connectivity index (χ3n) is 5.04. The number of piperidine rings is 1. The van der Waals surface area contributed by atoms with E-state index in [4.69, 9.17) is 0 Å². The first-order valence-electron chi connectivity index (χ1n) is 8.18. The van der Waals surface area contributed by atoms with Crippen molar-refractivity contribution in [2.75, 3.05) is 13.1 Å². The normalized spacial score (nSPS) is 24.3. The highest BCUT2D eigenvalue weighted by Gasteiger charge is 2.34. The summed E-state index contributed by atoms with van der Waals surface area (Å²) in [6, 6.07) is 10.7. The summed E-state index contributed by atoms with van der Waals surface area (Å²) < 4.78 is 2.00. The lowest BCUT2D eigenvalue weighted by Crippen LogP contribution is -2.42. The van der Waals surface area contributed by atoms with Gasteiger partial charge in [-0.05, 0) is 42.9 Å². The molecule has 1 aliphatic heterocycles. The van der Waals surface area contributed by atoms with E-state index in [-0.39, 0.29) is 5.92 Å². The smallest absolute Gasteiger partial charge is 0.230 e. The van der Waals surface area contributed by atoms with E-state index in [1.54, 1.807) is 0 Å². The summed E-state index contributed by atoms with van der Waals surface area (Å²) in [5.41, 5.74) is 2.59. The molecule has 2 aliphatic rings. The van der Waals surface area contributed by atoms with Crippen LogP contribution >= 0.6 is 0 Å². The number of hydrogen-bond donors (Lipinski definition) is 0. The highest BCUT2D eigenvalue weighted by Crippen LogP contribution is 2.35. The summed E-state index contributed by atoms with van der Waals surface area (Å²) in [4.78, 5) is 15.0. The molecule has 0 bridgehead atoms. The predicted octanol–water partition coefficient (Wildman–Crippen LogP) is 2.78. The molecule has 0 radical (unpaired) electrons. The van der Waals surface area contributed by atoms with E-state index in [9.17, 15) is 4.79 Å². The number of carbonyl (C=O) groups excluding carboxylic acids is 1. The van der Waals surface area contributed by atoms with Gasteiger partial charge in [-0.15, -0.1) is 0 Å². The van der Waals surface area contributed by atoms with Crippen molar-refractivity contribution >= 4 is 5.91 Å². The molecule has 114 valence electrons. The number of likely N-dealkylation sites (tertiary alicyclic amines) is 1. The molecule has 1 fully saturated rings. The molecule has 1 amide bonds. The molecule has 1 aromatic carbocycles. The van der Waals surface area contributed by atoms with Crippen molar-refractivity contribution in [1.82, 2.24) is 14.7 Å². The molecule has 4 nitrogen and oxygen atoms in total. The first-order valence-corrected chi connectivity index (χ1v) is 8.18. The Balaban J connectivity index is 1.51. The van der Waals surface area contributed by atoms with Gasteiger partial charge in [0.1, 0.15) is 0 Å². The zero-order valence-corrected chi connectivity index (χ0v) is 12.7. The van der Waals surface area contributed by atoms with Crippen LogP contribution < -0.4 is 0 Å². The maximum atomic E-state index is 13.0. The lowest BCUT2D eigenvalue weighted by molar-refractivity contribution is -0.134. The number of fused-ring (bicyclic) bond motifs is 1. The molecule has 4 heteroatoms. The Hall–Kier alpha value is -2.10. The lowest BCUT2D eigenvalue weighted by atomic mass is 9.97. The first-order chi connectivity index (χ1) is 10.8. The fourth-order valence-electron chi connectivity index (χ4n) is 3.90. The molecule has 1 aliphatic carbocycles. The SMILES string of the molecule is O=C([C@@H]1CCc2ccccc21)N1CCC[C@H](n2cccn2)C1. The number of benzene rings is 1. The number of aryl methyl sites for hydroxylation is 1. The quantitative estimate of drug-likeness (QED) is 0.854. The van der Waals surface area contributed by atoms with Crippen molar-refractivity contribution in [2.24, 2.45) is 0 Å². The highest BCUT2D eigenvalue weighted by molar-refractivity contribution is 5.85. The minimum atomic E-state index is 0.0626. The summed E-state index contributed by atoms with van der Waals surface area (Å²) in [7, 11) is 0. The number of rotatable bonds is 2. The lowest BCUT2D eigenvalue weighted by Gasteiger charge is -2.34. The molecule has 1 saturated heterocycles. The second-order valence-corrected chi connectivity index (χ2v) is 6.36. The van der Waals surface area contributed by atoms with Gasteiger partial charge in [-0.1, -0.05) is 24.3 Å². The Morgan fingerprint density at radius 2 is 2.09 bits per heavy atom. The van der Waals surface area contributed by atoms with E-state index in [2.05, 4.69) is 28.2 Å². The minimum Gasteiger partial charge on any atom is -0.340 e. The van der Waals surface area contributed by atoms with E-state index < -0.39 is 0 Å². The second kappa shape index (κ2) is 5.59. The number of amides is 1. The molecule has 1 aromatic heterocycles. The van der Waals surface area contributed by atoms with Gasteiger partial charge in [0.25, 0.3) is 0 Å². The van der Waals surface area contributed by atoms with Gasteiger partial charge in [0, 0.05) is 25.5 Å². The van der Waals surface area contributed by atoms with Crippen LogP contribution in [-0.4, -0.2) is 33.7 Å². The molecular weight excluding hydrogens is 274 g/mol. The fraction of sp³-hybridized carbons (Fsp3) is 0.444. The Morgan fingerprint density at radius 1 is 1.18 bits per heavy atom. The Morgan fingerprint density at radius 3 is 2.95 bits per heavy atom. The van der Waals surface area contributed by atoms with Crippen LogP contribution in [0.3, 0.4) is 0 Å². The van der Waals surface area contributed by atoms with Crippen LogP contribution in [0, 0.1) is 0 Å². The monoisotopic (exact) mass is 295 g/mol. The molecule has 0 N–H and O–H groups in total. The zero-order valence-electron chi connectivity index (χ0n) is 12.7. The Bertz CT molecular complexity index is 665. The summed E-state index contributed by atoms with van der Waals surface area (Å²) in [6.07, 6.45) is 7.97. The van der Waals surface area contributed by atoms with Crippen LogP contribution in [0.1, 0.15) is 42.3 Å². The van der Waals surface area contributed by atoms with E-state index >= 15 is 0 Å². The van der Waals surface area contributed by atoms with Gasteiger partial charge in [-0.3, -0.25) is 9.48 Å². The highest BCUT2D eigenvalue weighted by atomic mass is 16.2. The molecule has 2 heterocycles. The van der Waals surface area contributed by atoms with E-state index in [1.165, 1.54) is 11.1 Å². The Kier molecular flexibility index (Phi) is 3.45. The molecule has 0 saturated carbocycles. The maximum absolute atomic E-state index is 13.0. The summed E-state index contributed by atoms with van der Waals surface area (Å²) >= 11 is 0. The molecule has 0 unspecified atom stereocenters. The van der Waals surface area contributed by atoms with E-state index in [0.29, 0.717) is 11.9 Å². The number of carbonyl (C=O) groups is 1. The van der Waals surface area contributed by atoms with Crippen LogP contribution in [0.15, 0.2) is 42.7 Å². The number of nitrogens with zero attached hydrogens (tertiary/aromatic N) is 3. The minimum absolute atomic E-state index is 0.0626. The van der Waals surface area contributed by atoms with Crippen LogP contribution in [-0.2, 0) is 11.2 Å². The van der Waals surface area contributed by atoms with Crippen LogP contribution in [0.4, 0.5) is 0 Å². The van der Waals surface area contributed by atoms with Crippen LogP contribution in [0.5, 0.6) is 0 Å². The standard InChI is InChI=1S/C18H21N3O/c22-18(17-9-8-14-5-1-2-7-16(14)17)20-11-3-6-15(13-20)21-12-4-10-19-21/h1-2,4-5,7,10,12,15,17H,3,6,8-9,11,13H2/t15-,17+/m0/s1. The second-order valence-electron chi connectivity index (χ2n) is 6.36. The molecule has 0 spiro atoms. The maximum Gasteiger partial charge on any atom is 0.230 e. The number of aromatic nitrogens is 2. The summed E-state index contributed by atoms with van der Waals surface area (Å²) in [5.74, 6) is 0.370. The third kappa shape index (κ3) is 2.32. The third-order valence-corrected chi connectivity index (χ3v) is 5.04. The Labute approximate surface area is 130 Å². The summed E-state index contributed by atoms with van der Waals surface area (Å²) in [6.45, 7) is 1.68.